The first-order valence-corrected chi connectivity index (χ1v) is 6.13. The number of aromatic nitrogens is 1. The monoisotopic (exact) mass is 230 g/mol. The summed E-state index contributed by atoms with van der Waals surface area (Å²) in [5.74, 6) is 2.53. The van der Waals surface area contributed by atoms with Gasteiger partial charge in [-0.2, -0.15) is 0 Å². The maximum Gasteiger partial charge on any atom is 0.268 e. The van der Waals surface area contributed by atoms with Gasteiger partial charge in [-0.15, -0.1) is 12.3 Å². The summed E-state index contributed by atoms with van der Waals surface area (Å²) in [6.45, 7) is 1.92. The maximum atomic E-state index is 12.1. The molecule has 1 aromatic rings. The molecule has 1 N–H and O–H groups in total. The number of amides is 1. The maximum absolute atomic E-state index is 12.1. The lowest BCUT2D eigenvalue weighted by Crippen LogP contribution is -2.34. The van der Waals surface area contributed by atoms with Crippen LogP contribution in [0.4, 0.5) is 0 Å². The molecule has 0 radical (unpaired) electrons. The van der Waals surface area contributed by atoms with E-state index in [0.29, 0.717) is 12.5 Å². The van der Waals surface area contributed by atoms with Gasteiger partial charge in [0.05, 0.1) is 0 Å². The molecule has 1 aromatic heterocycles. The van der Waals surface area contributed by atoms with Crippen LogP contribution in [-0.4, -0.2) is 16.5 Å². The minimum Gasteiger partial charge on any atom is -0.347 e. The Kier molecular flexibility index (Phi) is 3.53. The van der Waals surface area contributed by atoms with Gasteiger partial charge in [-0.3, -0.25) is 4.79 Å². The van der Waals surface area contributed by atoms with E-state index in [1.54, 1.807) is 0 Å². The largest absolute Gasteiger partial charge is 0.347 e. The van der Waals surface area contributed by atoms with Crippen LogP contribution < -0.4 is 5.32 Å². The van der Waals surface area contributed by atoms with Crippen LogP contribution in [0.1, 0.15) is 49.1 Å². The molecule has 1 atom stereocenters. The fraction of sp³-hybridized carbons (Fsp3) is 0.500. The quantitative estimate of drug-likeness (QED) is 0.792. The van der Waals surface area contributed by atoms with Crippen LogP contribution in [0.5, 0.6) is 0 Å². The third-order valence-corrected chi connectivity index (χ3v) is 3.28. The van der Waals surface area contributed by atoms with Crippen LogP contribution in [-0.2, 0) is 0 Å². The molecule has 0 aromatic carbocycles. The van der Waals surface area contributed by atoms with Gasteiger partial charge in [-0.1, -0.05) is 0 Å². The molecule has 0 aliphatic heterocycles. The number of rotatable bonds is 4. The zero-order chi connectivity index (χ0) is 12.3. The minimum atomic E-state index is -0.0235. The molecule has 0 bridgehead atoms. The molecule has 0 spiro atoms. The van der Waals surface area contributed by atoms with Crippen molar-refractivity contribution in [2.75, 3.05) is 0 Å². The van der Waals surface area contributed by atoms with E-state index >= 15 is 0 Å². The summed E-state index contributed by atoms with van der Waals surface area (Å²) in [7, 11) is 0. The first-order valence-electron chi connectivity index (χ1n) is 6.13. The molecule has 1 fully saturated rings. The zero-order valence-electron chi connectivity index (χ0n) is 10.1. The van der Waals surface area contributed by atoms with Gasteiger partial charge >= 0.3 is 0 Å². The van der Waals surface area contributed by atoms with Gasteiger partial charge in [0.25, 0.3) is 5.91 Å². The molecule has 1 unspecified atom stereocenters. The Morgan fingerprint density at radius 3 is 3.06 bits per heavy atom. The number of carbonyl (C=O) groups excluding carboxylic acids is 1. The molecular formula is C14H18N2O. The number of hydrogen-bond acceptors (Lipinski definition) is 1. The predicted octanol–water partition coefficient (Wildman–Crippen LogP) is 2.35. The molecule has 90 valence electrons. The van der Waals surface area contributed by atoms with E-state index in [9.17, 15) is 4.79 Å². The van der Waals surface area contributed by atoms with E-state index < -0.39 is 0 Å². The Morgan fingerprint density at radius 1 is 1.71 bits per heavy atom. The molecule has 0 saturated heterocycles. The third kappa shape index (κ3) is 2.52. The Morgan fingerprint density at radius 2 is 2.47 bits per heavy atom. The fourth-order valence-corrected chi connectivity index (χ4v) is 2.10. The van der Waals surface area contributed by atoms with E-state index in [1.807, 2.05) is 25.3 Å². The Hall–Kier alpha value is -1.69. The Labute approximate surface area is 102 Å². The van der Waals surface area contributed by atoms with Crippen molar-refractivity contribution in [1.29, 1.82) is 0 Å². The topological polar surface area (TPSA) is 34.0 Å². The molecule has 3 heteroatoms. The van der Waals surface area contributed by atoms with Crippen LogP contribution >= 0.6 is 0 Å². The predicted molar refractivity (Wildman–Crippen MR) is 67.7 cm³/mol. The second kappa shape index (κ2) is 5.09. The normalized spacial score (nSPS) is 16.9. The van der Waals surface area contributed by atoms with Crippen LogP contribution in [0.25, 0.3) is 0 Å². The van der Waals surface area contributed by atoms with E-state index in [-0.39, 0.29) is 11.9 Å². The van der Waals surface area contributed by atoms with Crippen molar-refractivity contribution in [2.24, 2.45) is 0 Å². The Balaban J connectivity index is 2.04. The number of carbonyl (C=O) groups is 1. The van der Waals surface area contributed by atoms with Crippen molar-refractivity contribution >= 4 is 5.91 Å². The summed E-state index contributed by atoms with van der Waals surface area (Å²) in [6.07, 6.45) is 11.4. The Bertz CT molecular complexity index is 437. The molecule has 1 saturated carbocycles. The lowest BCUT2D eigenvalue weighted by atomic mass is 9.93. The van der Waals surface area contributed by atoms with Gasteiger partial charge in [-0.05, 0) is 38.3 Å². The fourth-order valence-electron chi connectivity index (χ4n) is 2.10. The second-order valence-electron chi connectivity index (χ2n) is 4.67. The van der Waals surface area contributed by atoms with Crippen LogP contribution in [0, 0.1) is 12.3 Å². The highest BCUT2D eigenvalue weighted by Crippen LogP contribution is 2.32. The standard InChI is InChI=1S/C14H18N2O/c1-3-6-11(2)15-14(17)13-9-5-10-16(13)12-7-4-8-12/h1,5,9-12H,4,6-8H2,2H3,(H,15,17). The van der Waals surface area contributed by atoms with E-state index in [4.69, 9.17) is 6.42 Å². The summed E-state index contributed by atoms with van der Waals surface area (Å²) >= 11 is 0. The highest BCUT2D eigenvalue weighted by Gasteiger charge is 2.23. The molecule has 3 nitrogen and oxygen atoms in total. The molecule has 17 heavy (non-hydrogen) atoms. The van der Waals surface area contributed by atoms with Crippen LogP contribution in [0.15, 0.2) is 18.3 Å². The van der Waals surface area contributed by atoms with Crippen molar-refractivity contribution < 1.29 is 4.79 Å². The molecule has 1 aliphatic carbocycles. The van der Waals surface area contributed by atoms with E-state index in [0.717, 1.165) is 5.69 Å². The van der Waals surface area contributed by atoms with Gasteiger partial charge in [-0.25, -0.2) is 0 Å². The van der Waals surface area contributed by atoms with Gasteiger partial charge in [0.15, 0.2) is 0 Å². The number of nitrogens with zero attached hydrogens (tertiary/aromatic N) is 1. The third-order valence-electron chi connectivity index (χ3n) is 3.28. The first-order chi connectivity index (χ1) is 8.22. The lowest BCUT2D eigenvalue weighted by molar-refractivity contribution is 0.0925. The lowest BCUT2D eigenvalue weighted by Gasteiger charge is -2.29. The van der Waals surface area contributed by atoms with E-state index in [1.165, 1.54) is 19.3 Å². The average Bonchev–Trinajstić information content (AvgIpc) is 2.64. The average molecular weight is 230 g/mol. The summed E-state index contributed by atoms with van der Waals surface area (Å²) in [5, 5.41) is 2.92. The van der Waals surface area contributed by atoms with E-state index in [2.05, 4.69) is 15.8 Å². The molecule has 2 rings (SSSR count). The molecule has 1 amide bonds. The number of terminal acetylenes is 1. The summed E-state index contributed by atoms with van der Waals surface area (Å²) in [5.41, 5.74) is 0.749. The highest BCUT2D eigenvalue weighted by atomic mass is 16.2. The van der Waals surface area contributed by atoms with Crippen molar-refractivity contribution in [1.82, 2.24) is 9.88 Å². The second-order valence-corrected chi connectivity index (χ2v) is 4.67. The van der Waals surface area contributed by atoms with Crippen LogP contribution in [0.3, 0.4) is 0 Å². The first kappa shape index (κ1) is 11.8. The van der Waals surface area contributed by atoms with Gasteiger partial charge in [0, 0.05) is 24.7 Å². The van der Waals surface area contributed by atoms with Crippen molar-refractivity contribution in [3.8, 4) is 12.3 Å². The zero-order valence-corrected chi connectivity index (χ0v) is 10.1. The smallest absolute Gasteiger partial charge is 0.268 e. The molecule has 1 aliphatic rings. The molecular weight excluding hydrogens is 212 g/mol. The summed E-state index contributed by atoms with van der Waals surface area (Å²) in [6, 6.07) is 4.33. The SMILES string of the molecule is C#CCC(C)NC(=O)c1cccn1C1CCC1. The number of nitrogens with one attached hydrogen (secondary N) is 1. The minimum absolute atomic E-state index is 0.0235. The molecule has 1 heterocycles. The van der Waals surface area contributed by atoms with Crippen molar-refractivity contribution in [3.05, 3.63) is 24.0 Å². The number of hydrogen-bond donors (Lipinski definition) is 1. The summed E-state index contributed by atoms with van der Waals surface area (Å²) < 4.78 is 2.08. The van der Waals surface area contributed by atoms with Gasteiger partial charge in [0.2, 0.25) is 0 Å². The summed E-state index contributed by atoms with van der Waals surface area (Å²) in [4.78, 5) is 12.1. The van der Waals surface area contributed by atoms with Crippen LogP contribution in [0.2, 0.25) is 0 Å². The highest BCUT2D eigenvalue weighted by molar-refractivity contribution is 5.93. The van der Waals surface area contributed by atoms with Crippen molar-refractivity contribution in [2.45, 2.75) is 44.7 Å². The van der Waals surface area contributed by atoms with Crippen molar-refractivity contribution in [3.63, 3.8) is 0 Å². The van der Waals surface area contributed by atoms with Gasteiger partial charge < -0.3 is 9.88 Å². The van der Waals surface area contributed by atoms with Gasteiger partial charge in [0.1, 0.15) is 5.69 Å².